The van der Waals surface area contributed by atoms with Crippen LogP contribution in [0.3, 0.4) is 0 Å². The second-order valence-corrected chi connectivity index (χ2v) is 7.87. The minimum absolute atomic E-state index is 0.168. The third-order valence-electron chi connectivity index (χ3n) is 4.54. The Hall–Kier alpha value is -2.64. The minimum Gasteiger partial charge on any atom is -0.321 e. The fourth-order valence-corrected chi connectivity index (χ4v) is 4.31. The zero-order valence-electron chi connectivity index (χ0n) is 14.1. The summed E-state index contributed by atoms with van der Waals surface area (Å²) < 4.78 is 1.81. The fourth-order valence-electron chi connectivity index (χ4n) is 3.13. The van der Waals surface area contributed by atoms with E-state index in [1.807, 2.05) is 42.5 Å². The van der Waals surface area contributed by atoms with Crippen LogP contribution in [-0.2, 0) is 0 Å². The number of nitrogens with one attached hydrogen (secondary N) is 1. The van der Waals surface area contributed by atoms with Crippen LogP contribution in [0.15, 0.2) is 63.4 Å². The van der Waals surface area contributed by atoms with Crippen molar-refractivity contribution in [1.82, 2.24) is 25.2 Å². The molecular formula is C19H14ClN5OS. The molecule has 6 nitrogen and oxygen atoms in total. The lowest BCUT2D eigenvalue weighted by Crippen LogP contribution is -2.11. The van der Waals surface area contributed by atoms with Gasteiger partial charge in [0.05, 0.1) is 10.9 Å². The van der Waals surface area contributed by atoms with Crippen LogP contribution in [0.1, 0.15) is 18.9 Å². The molecule has 134 valence electrons. The third kappa shape index (κ3) is 3.02. The first-order valence-electron chi connectivity index (χ1n) is 8.57. The molecule has 0 unspecified atom stereocenters. The van der Waals surface area contributed by atoms with E-state index >= 15 is 0 Å². The SMILES string of the molecule is O=c1[nH]c2ccc(Cl)cc2c(-c2ccccc2)c1Sc1nnnn1C1CC1. The molecule has 2 heterocycles. The van der Waals surface area contributed by atoms with Crippen LogP contribution in [-0.4, -0.2) is 25.2 Å². The Bertz CT molecular complexity index is 1200. The monoisotopic (exact) mass is 395 g/mol. The number of rotatable bonds is 4. The highest BCUT2D eigenvalue weighted by atomic mass is 35.5. The highest BCUT2D eigenvalue weighted by Gasteiger charge is 2.29. The zero-order chi connectivity index (χ0) is 18.4. The number of benzene rings is 2. The number of hydrogen-bond acceptors (Lipinski definition) is 5. The van der Waals surface area contributed by atoms with Crippen molar-refractivity contribution >= 4 is 34.3 Å². The Morgan fingerprint density at radius 1 is 1.15 bits per heavy atom. The largest absolute Gasteiger partial charge is 0.321 e. The van der Waals surface area contributed by atoms with Crippen molar-refractivity contribution in [3.8, 4) is 11.1 Å². The van der Waals surface area contributed by atoms with Crippen molar-refractivity contribution in [2.75, 3.05) is 0 Å². The molecule has 0 spiro atoms. The summed E-state index contributed by atoms with van der Waals surface area (Å²) in [6, 6.07) is 15.6. The Labute approximate surface area is 163 Å². The van der Waals surface area contributed by atoms with Crippen LogP contribution >= 0.6 is 23.4 Å². The van der Waals surface area contributed by atoms with Gasteiger partial charge in [0, 0.05) is 21.5 Å². The van der Waals surface area contributed by atoms with Gasteiger partial charge in [0.1, 0.15) is 0 Å². The van der Waals surface area contributed by atoms with Gasteiger partial charge in [-0.15, -0.1) is 5.10 Å². The molecule has 2 aromatic heterocycles. The molecule has 0 bridgehead atoms. The second kappa shape index (κ2) is 6.51. The molecule has 2 aromatic carbocycles. The summed E-state index contributed by atoms with van der Waals surface area (Å²) in [5.41, 5.74) is 2.37. The van der Waals surface area contributed by atoms with E-state index < -0.39 is 0 Å². The lowest BCUT2D eigenvalue weighted by atomic mass is 10.0. The van der Waals surface area contributed by atoms with Crippen LogP contribution < -0.4 is 5.56 Å². The van der Waals surface area contributed by atoms with Gasteiger partial charge in [-0.25, -0.2) is 4.68 Å². The average Bonchev–Trinajstić information content (AvgIpc) is 3.42. The Balaban J connectivity index is 1.76. The average molecular weight is 396 g/mol. The maximum absolute atomic E-state index is 12.9. The number of H-pyrrole nitrogens is 1. The zero-order valence-corrected chi connectivity index (χ0v) is 15.7. The number of hydrogen-bond donors (Lipinski definition) is 1. The molecule has 5 rings (SSSR count). The van der Waals surface area contributed by atoms with Gasteiger partial charge in [-0.3, -0.25) is 4.79 Å². The van der Waals surface area contributed by atoms with E-state index in [4.69, 9.17) is 11.6 Å². The van der Waals surface area contributed by atoms with Crippen LogP contribution in [0.5, 0.6) is 0 Å². The molecule has 8 heteroatoms. The predicted octanol–water partition coefficient (Wildman–Crippen LogP) is 4.32. The van der Waals surface area contributed by atoms with E-state index in [-0.39, 0.29) is 5.56 Å². The molecule has 4 aromatic rings. The maximum atomic E-state index is 12.9. The minimum atomic E-state index is -0.168. The lowest BCUT2D eigenvalue weighted by molar-refractivity contribution is 0.565. The third-order valence-corrected chi connectivity index (χ3v) is 5.82. The molecule has 0 aliphatic heterocycles. The quantitative estimate of drug-likeness (QED) is 0.556. The van der Waals surface area contributed by atoms with Gasteiger partial charge in [-0.05, 0) is 58.8 Å². The summed E-state index contributed by atoms with van der Waals surface area (Å²) in [5, 5.41) is 14.1. The van der Waals surface area contributed by atoms with Gasteiger partial charge in [0.15, 0.2) is 0 Å². The fraction of sp³-hybridized carbons (Fsp3) is 0.158. The maximum Gasteiger partial charge on any atom is 0.263 e. The number of aromatic amines is 1. The summed E-state index contributed by atoms with van der Waals surface area (Å²) in [6.07, 6.45) is 2.13. The summed E-state index contributed by atoms with van der Waals surface area (Å²) in [4.78, 5) is 16.5. The van der Waals surface area contributed by atoms with Crippen LogP contribution in [0, 0.1) is 0 Å². The Kier molecular flexibility index (Phi) is 3.98. The molecule has 0 saturated heterocycles. The van der Waals surface area contributed by atoms with Crippen molar-refractivity contribution in [3.05, 3.63) is 63.9 Å². The van der Waals surface area contributed by atoms with E-state index in [0.29, 0.717) is 21.1 Å². The van der Waals surface area contributed by atoms with Crippen LogP contribution in [0.2, 0.25) is 5.02 Å². The number of fused-ring (bicyclic) bond motifs is 1. The number of aromatic nitrogens is 5. The summed E-state index contributed by atoms with van der Waals surface area (Å²) in [7, 11) is 0. The van der Waals surface area contributed by atoms with Crippen molar-refractivity contribution < 1.29 is 0 Å². The van der Waals surface area contributed by atoms with Crippen molar-refractivity contribution in [1.29, 1.82) is 0 Å². The first-order valence-corrected chi connectivity index (χ1v) is 9.77. The normalized spacial score (nSPS) is 14.0. The molecule has 27 heavy (non-hydrogen) atoms. The molecule has 0 radical (unpaired) electrons. The van der Waals surface area contributed by atoms with Gasteiger partial charge >= 0.3 is 0 Å². The lowest BCUT2D eigenvalue weighted by Gasteiger charge is -2.12. The highest BCUT2D eigenvalue weighted by Crippen LogP contribution is 2.41. The second-order valence-electron chi connectivity index (χ2n) is 6.45. The van der Waals surface area contributed by atoms with Crippen molar-refractivity contribution in [2.24, 2.45) is 0 Å². The molecule has 1 saturated carbocycles. The highest BCUT2D eigenvalue weighted by molar-refractivity contribution is 7.99. The molecule has 1 aliphatic rings. The number of tetrazole rings is 1. The van der Waals surface area contributed by atoms with E-state index in [9.17, 15) is 4.79 Å². The predicted molar refractivity (Wildman–Crippen MR) is 105 cm³/mol. The molecule has 0 amide bonds. The van der Waals surface area contributed by atoms with Crippen molar-refractivity contribution in [3.63, 3.8) is 0 Å². The van der Waals surface area contributed by atoms with Gasteiger partial charge in [-0.2, -0.15) is 0 Å². The van der Waals surface area contributed by atoms with E-state index in [1.165, 1.54) is 11.8 Å². The Morgan fingerprint density at radius 3 is 2.74 bits per heavy atom. The molecule has 1 aliphatic carbocycles. The van der Waals surface area contributed by atoms with Crippen molar-refractivity contribution in [2.45, 2.75) is 28.9 Å². The topological polar surface area (TPSA) is 76.5 Å². The molecule has 1 N–H and O–H groups in total. The smallest absolute Gasteiger partial charge is 0.263 e. The van der Waals surface area contributed by atoms with Crippen LogP contribution in [0.25, 0.3) is 22.0 Å². The molecular weight excluding hydrogens is 382 g/mol. The van der Waals surface area contributed by atoms with Gasteiger partial charge in [0.25, 0.3) is 5.56 Å². The first kappa shape index (κ1) is 16.5. The Morgan fingerprint density at radius 2 is 1.96 bits per heavy atom. The van der Waals surface area contributed by atoms with Gasteiger partial charge in [0.2, 0.25) is 5.16 Å². The number of nitrogens with zero attached hydrogens (tertiary/aromatic N) is 4. The summed E-state index contributed by atoms with van der Waals surface area (Å²) in [6.45, 7) is 0. The first-order chi connectivity index (χ1) is 13.2. The van der Waals surface area contributed by atoms with Gasteiger partial charge < -0.3 is 4.98 Å². The molecule has 0 atom stereocenters. The standard InChI is InChI=1S/C19H14ClN5OS/c20-12-6-9-15-14(10-12)16(11-4-2-1-3-5-11)17(18(26)21-15)27-19-22-23-24-25(19)13-7-8-13/h1-6,9-10,13H,7-8H2,(H,21,26). The summed E-state index contributed by atoms with van der Waals surface area (Å²) >= 11 is 7.55. The number of pyridine rings is 1. The van der Waals surface area contributed by atoms with Crippen LogP contribution in [0.4, 0.5) is 0 Å². The van der Waals surface area contributed by atoms with Gasteiger partial charge in [-0.1, -0.05) is 41.9 Å². The van der Waals surface area contributed by atoms with E-state index in [1.54, 1.807) is 10.7 Å². The summed E-state index contributed by atoms with van der Waals surface area (Å²) in [5.74, 6) is 0. The van der Waals surface area contributed by atoms with E-state index in [2.05, 4.69) is 20.5 Å². The number of halogens is 1. The molecule has 1 fully saturated rings. The van der Waals surface area contributed by atoms with E-state index in [0.717, 1.165) is 34.9 Å².